The Hall–Kier alpha value is -1.97. The van der Waals surface area contributed by atoms with Crippen molar-refractivity contribution in [2.45, 2.75) is 49.8 Å². The average molecular weight is 352 g/mol. The quantitative estimate of drug-likeness (QED) is 0.691. The lowest BCUT2D eigenvalue weighted by Crippen LogP contribution is -2.29. The molecular weight excluding hydrogens is 332 g/mol. The van der Waals surface area contributed by atoms with Crippen molar-refractivity contribution in [3.05, 3.63) is 24.0 Å². The van der Waals surface area contributed by atoms with Crippen LogP contribution in [0.5, 0.6) is 0 Å². The van der Waals surface area contributed by atoms with E-state index in [1.807, 2.05) is 0 Å². The number of hydrogen-bond acceptors (Lipinski definition) is 5. The first-order valence-corrected chi connectivity index (χ1v) is 9.10. The lowest BCUT2D eigenvalue weighted by molar-refractivity contribution is 0.0614. The molecule has 130 valence electrons. The summed E-state index contributed by atoms with van der Waals surface area (Å²) in [5.41, 5.74) is 5.15. The number of nitrogens with zero attached hydrogens (tertiary/aromatic N) is 2. The van der Waals surface area contributed by atoms with Crippen LogP contribution in [0.15, 0.2) is 23.1 Å². The normalized spacial score (nSPS) is 15.8. The molecule has 1 aliphatic carbocycles. The van der Waals surface area contributed by atoms with Crippen molar-refractivity contribution in [3.8, 4) is 0 Å². The highest BCUT2D eigenvalue weighted by molar-refractivity contribution is 7.89. The van der Waals surface area contributed by atoms with Crippen LogP contribution in [0.1, 0.15) is 37.3 Å². The minimum atomic E-state index is -3.61. The second-order valence-corrected chi connectivity index (χ2v) is 8.46. The molecule has 1 fully saturated rings. The van der Waals surface area contributed by atoms with Gasteiger partial charge in [-0.2, -0.15) is 0 Å². The zero-order valence-corrected chi connectivity index (χ0v) is 14.3. The zero-order chi connectivity index (χ0) is 17.7. The van der Waals surface area contributed by atoms with Gasteiger partial charge in [0.2, 0.25) is 10.0 Å². The molecule has 9 heteroatoms. The van der Waals surface area contributed by atoms with Gasteiger partial charge in [0.1, 0.15) is 0 Å². The molecule has 0 bridgehead atoms. The van der Waals surface area contributed by atoms with E-state index in [-0.39, 0.29) is 23.3 Å². The van der Waals surface area contributed by atoms with Gasteiger partial charge in [-0.15, -0.1) is 0 Å². The third-order valence-corrected chi connectivity index (χ3v) is 5.21. The number of primary amides is 1. The molecule has 1 aromatic heterocycles. The molecule has 0 radical (unpaired) electrons. The van der Waals surface area contributed by atoms with Crippen molar-refractivity contribution >= 4 is 27.0 Å². The SMILES string of the molecule is CC(C)(O)Cn1c(C(N)=O)nc2cc(S(=O)(=O)NC3CC3)ccc21. The number of hydrogen-bond donors (Lipinski definition) is 3. The summed E-state index contributed by atoms with van der Waals surface area (Å²) in [6, 6.07) is 4.44. The second-order valence-electron chi connectivity index (χ2n) is 6.74. The third kappa shape index (κ3) is 3.42. The Morgan fingerprint density at radius 2 is 2.12 bits per heavy atom. The fourth-order valence-electron chi connectivity index (χ4n) is 2.50. The summed E-state index contributed by atoms with van der Waals surface area (Å²) < 4.78 is 28.7. The number of fused-ring (bicyclic) bond motifs is 1. The molecule has 1 heterocycles. The van der Waals surface area contributed by atoms with E-state index >= 15 is 0 Å². The molecule has 2 aromatic rings. The molecule has 1 aliphatic rings. The van der Waals surface area contributed by atoms with Crippen molar-refractivity contribution in [3.63, 3.8) is 0 Å². The van der Waals surface area contributed by atoms with Crippen LogP contribution in [0.4, 0.5) is 0 Å². The fraction of sp³-hybridized carbons (Fsp3) is 0.467. The van der Waals surface area contributed by atoms with E-state index in [4.69, 9.17) is 5.73 Å². The number of aliphatic hydroxyl groups is 1. The maximum atomic E-state index is 12.3. The van der Waals surface area contributed by atoms with Crippen LogP contribution in [0.3, 0.4) is 0 Å². The average Bonchev–Trinajstić information content (AvgIpc) is 3.17. The van der Waals surface area contributed by atoms with Crippen molar-refractivity contribution in [2.75, 3.05) is 0 Å². The third-order valence-electron chi connectivity index (χ3n) is 3.69. The molecule has 1 saturated carbocycles. The lowest BCUT2D eigenvalue weighted by atomic mass is 10.1. The van der Waals surface area contributed by atoms with Crippen LogP contribution in [-0.4, -0.2) is 40.6 Å². The standard InChI is InChI=1S/C15H20N4O4S/c1-15(2,21)8-19-12-6-5-10(24(22,23)18-9-3-4-9)7-11(12)17-14(19)13(16)20/h5-7,9,18,21H,3-4,8H2,1-2H3,(H2,16,20). The van der Waals surface area contributed by atoms with Crippen LogP contribution < -0.4 is 10.5 Å². The highest BCUT2D eigenvalue weighted by atomic mass is 32.2. The summed E-state index contributed by atoms with van der Waals surface area (Å²) in [7, 11) is -3.61. The van der Waals surface area contributed by atoms with Crippen LogP contribution in [0, 0.1) is 0 Å². The second kappa shape index (κ2) is 5.54. The molecule has 0 aliphatic heterocycles. The maximum absolute atomic E-state index is 12.3. The highest BCUT2D eigenvalue weighted by Gasteiger charge is 2.29. The summed E-state index contributed by atoms with van der Waals surface area (Å²) in [6.07, 6.45) is 1.68. The number of carbonyl (C=O) groups is 1. The van der Waals surface area contributed by atoms with Crippen molar-refractivity contribution < 1.29 is 18.3 Å². The molecule has 8 nitrogen and oxygen atoms in total. The Bertz CT molecular complexity index is 907. The number of rotatable bonds is 6. The Balaban J connectivity index is 2.09. The van der Waals surface area contributed by atoms with E-state index in [1.54, 1.807) is 19.9 Å². The van der Waals surface area contributed by atoms with Crippen molar-refractivity contribution in [1.29, 1.82) is 0 Å². The fourth-order valence-corrected chi connectivity index (χ4v) is 3.83. The van der Waals surface area contributed by atoms with Crippen LogP contribution in [0.25, 0.3) is 11.0 Å². The van der Waals surface area contributed by atoms with Gasteiger partial charge in [0.05, 0.1) is 28.1 Å². The number of nitrogens with one attached hydrogen (secondary N) is 1. The number of nitrogens with two attached hydrogens (primary N) is 1. The van der Waals surface area contributed by atoms with E-state index < -0.39 is 21.5 Å². The largest absolute Gasteiger partial charge is 0.389 e. The number of imidazole rings is 1. The van der Waals surface area contributed by atoms with Crippen molar-refractivity contribution in [1.82, 2.24) is 14.3 Å². The summed E-state index contributed by atoms with van der Waals surface area (Å²) in [4.78, 5) is 15.9. The van der Waals surface area contributed by atoms with Gasteiger partial charge in [-0.05, 0) is 44.9 Å². The molecule has 0 atom stereocenters. The van der Waals surface area contributed by atoms with Gasteiger partial charge in [-0.1, -0.05) is 0 Å². The molecule has 1 amide bonds. The van der Waals surface area contributed by atoms with Crippen LogP contribution >= 0.6 is 0 Å². The monoisotopic (exact) mass is 352 g/mol. The molecule has 24 heavy (non-hydrogen) atoms. The lowest BCUT2D eigenvalue weighted by Gasteiger charge is -2.19. The van der Waals surface area contributed by atoms with Gasteiger partial charge < -0.3 is 15.4 Å². The van der Waals surface area contributed by atoms with Crippen LogP contribution in [0.2, 0.25) is 0 Å². The van der Waals surface area contributed by atoms with Crippen molar-refractivity contribution in [2.24, 2.45) is 5.73 Å². The summed E-state index contributed by atoms with van der Waals surface area (Å²) >= 11 is 0. The Kier molecular flexibility index (Phi) is 3.89. The highest BCUT2D eigenvalue weighted by Crippen LogP contribution is 2.25. The first-order chi connectivity index (χ1) is 11.1. The van der Waals surface area contributed by atoms with Gasteiger partial charge in [0, 0.05) is 6.04 Å². The number of sulfonamides is 1. The number of amides is 1. The summed E-state index contributed by atoms with van der Waals surface area (Å²) in [6.45, 7) is 3.30. The number of benzene rings is 1. The topological polar surface area (TPSA) is 127 Å². The Labute approximate surface area is 139 Å². The van der Waals surface area contributed by atoms with Gasteiger partial charge in [0.25, 0.3) is 5.91 Å². The predicted octanol–water partition coefficient (Wildman–Crippen LogP) is 0.347. The molecule has 0 saturated heterocycles. The van der Waals surface area contributed by atoms with Gasteiger partial charge in [-0.3, -0.25) is 4.79 Å². The molecule has 4 N–H and O–H groups in total. The Morgan fingerprint density at radius 1 is 1.46 bits per heavy atom. The predicted molar refractivity (Wildman–Crippen MR) is 87.9 cm³/mol. The summed E-state index contributed by atoms with van der Waals surface area (Å²) in [5.74, 6) is -0.757. The van der Waals surface area contributed by atoms with E-state index in [0.717, 1.165) is 12.8 Å². The van der Waals surface area contributed by atoms with Crippen LogP contribution in [-0.2, 0) is 16.6 Å². The zero-order valence-electron chi connectivity index (χ0n) is 13.5. The van der Waals surface area contributed by atoms with E-state index in [9.17, 15) is 18.3 Å². The first-order valence-electron chi connectivity index (χ1n) is 7.62. The maximum Gasteiger partial charge on any atom is 0.284 e. The van der Waals surface area contributed by atoms with Gasteiger partial charge in [-0.25, -0.2) is 18.1 Å². The van der Waals surface area contributed by atoms with E-state index in [0.29, 0.717) is 11.0 Å². The number of aromatic nitrogens is 2. The molecule has 1 aromatic carbocycles. The first kappa shape index (κ1) is 16.9. The summed E-state index contributed by atoms with van der Waals surface area (Å²) in [5, 5.41) is 10.0. The molecule has 0 spiro atoms. The van der Waals surface area contributed by atoms with Gasteiger partial charge in [0.15, 0.2) is 5.82 Å². The van der Waals surface area contributed by atoms with Gasteiger partial charge >= 0.3 is 0 Å². The minimum absolute atomic E-state index is 0.000349. The number of carbonyl (C=O) groups excluding carboxylic acids is 1. The van der Waals surface area contributed by atoms with E-state index in [2.05, 4.69) is 9.71 Å². The van der Waals surface area contributed by atoms with E-state index in [1.165, 1.54) is 16.7 Å². The molecule has 3 rings (SSSR count). The Morgan fingerprint density at radius 3 is 2.67 bits per heavy atom. The molecular formula is C15H20N4O4S. The minimum Gasteiger partial charge on any atom is -0.389 e. The smallest absolute Gasteiger partial charge is 0.284 e. The molecule has 0 unspecified atom stereocenters.